The summed E-state index contributed by atoms with van der Waals surface area (Å²) < 4.78 is 27.1. The Balaban J connectivity index is 1.60. The Bertz CT molecular complexity index is 787. The van der Waals surface area contributed by atoms with E-state index in [1.54, 1.807) is 35.5 Å². The maximum absolute atomic E-state index is 5.48. The molecule has 0 saturated carbocycles. The van der Waals surface area contributed by atoms with Gasteiger partial charge in [-0.1, -0.05) is 0 Å². The fraction of sp³-hybridized carbons (Fsp3) is 0.478. The fourth-order valence-electron chi connectivity index (χ4n) is 3.81. The highest BCUT2D eigenvalue weighted by molar-refractivity contribution is 5.53. The van der Waals surface area contributed by atoms with Crippen molar-refractivity contribution in [2.24, 2.45) is 0 Å². The summed E-state index contributed by atoms with van der Waals surface area (Å²) in [6, 6.07) is 10.1. The van der Waals surface area contributed by atoms with E-state index in [4.69, 9.17) is 23.7 Å². The Kier molecular flexibility index (Phi) is 7.65. The van der Waals surface area contributed by atoms with Gasteiger partial charge in [-0.3, -0.25) is 9.80 Å². The molecule has 0 unspecified atom stereocenters. The lowest BCUT2D eigenvalue weighted by molar-refractivity contribution is 0.121. The molecule has 2 aromatic rings. The van der Waals surface area contributed by atoms with Gasteiger partial charge in [0, 0.05) is 45.3 Å². The molecule has 0 amide bonds. The van der Waals surface area contributed by atoms with Crippen LogP contribution in [0.2, 0.25) is 0 Å². The molecular formula is C23H32N2O5. The van der Waals surface area contributed by atoms with Gasteiger partial charge >= 0.3 is 0 Å². The van der Waals surface area contributed by atoms with E-state index in [0.29, 0.717) is 17.2 Å². The standard InChI is InChI=1S/C23H32N2O5/c1-26-19-10-17(11-20(14-19)27-2)15-24-6-8-25(9-7-24)16-18-12-21(28-3)23(30-5)22(13-18)29-4/h10-14H,6-9,15-16H2,1-5H3. The minimum Gasteiger partial charge on any atom is -0.497 e. The molecule has 0 spiro atoms. The third-order valence-corrected chi connectivity index (χ3v) is 5.41. The van der Waals surface area contributed by atoms with Gasteiger partial charge in [-0.15, -0.1) is 0 Å². The van der Waals surface area contributed by atoms with Crippen molar-refractivity contribution >= 4 is 0 Å². The number of nitrogens with zero attached hydrogens (tertiary/aromatic N) is 2. The van der Waals surface area contributed by atoms with Gasteiger partial charge in [0.2, 0.25) is 5.75 Å². The fourth-order valence-corrected chi connectivity index (χ4v) is 3.81. The van der Waals surface area contributed by atoms with Gasteiger partial charge in [-0.05, 0) is 35.4 Å². The number of rotatable bonds is 9. The molecule has 0 N–H and O–H groups in total. The van der Waals surface area contributed by atoms with Crippen molar-refractivity contribution in [1.82, 2.24) is 9.80 Å². The highest BCUT2D eigenvalue weighted by Crippen LogP contribution is 2.38. The Morgan fingerprint density at radius 2 is 1.00 bits per heavy atom. The zero-order chi connectivity index (χ0) is 21.5. The van der Waals surface area contributed by atoms with Crippen LogP contribution in [0, 0.1) is 0 Å². The summed E-state index contributed by atoms with van der Waals surface area (Å²) in [6.45, 7) is 5.73. The van der Waals surface area contributed by atoms with Gasteiger partial charge in [0.15, 0.2) is 11.5 Å². The molecule has 0 aliphatic carbocycles. The van der Waals surface area contributed by atoms with Crippen molar-refractivity contribution < 1.29 is 23.7 Å². The number of benzene rings is 2. The monoisotopic (exact) mass is 416 g/mol. The van der Waals surface area contributed by atoms with Gasteiger partial charge in [-0.25, -0.2) is 0 Å². The number of ether oxygens (including phenoxy) is 5. The first kappa shape index (κ1) is 22.1. The minimum atomic E-state index is 0.627. The lowest BCUT2D eigenvalue weighted by Crippen LogP contribution is -2.45. The second-order valence-corrected chi connectivity index (χ2v) is 7.31. The van der Waals surface area contributed by atoms with E-state index in [9.17, 15) is 0 Å². The van der Waals surface area contributed by atoms with Crippen LogP contribution in [0.1, 0.15) is 11.1 Å². The Morgan fingerprint density at radius 1 is 0.567 bits per heavy atom. The molecule has 7 nitrogen and oxygen atoms in total. The van der Waals surface area contributed by atoms with Crippen LogP contribution in [0.3, 0.4) is 0 Å². The van der Waals surface area contributed by atoms with Crippen LogP contribution in [0.25, 0.3) is 0 Å². The summed E-state index contributed by atoms with van der Waals surface area (Å²) in [5.74, 6) is 3.66. The summed E-state index contributed by atoms with van der Waals surface area (Å²) in [5.41, 5.74) is 2.35. The largest absolute Gasteiger partial charge is 0.497 e. The number of piperazine rings is 1. The lowest BCUT2D eigenvalue weighted by Gasteiger charge is -2.35. The zero-order valence-electron chi connectivity index (χ0n) is 18.6. The molecule has 7 heteroatoms. The Labute approximate surface area is 179 Å². The van der Waals surface area contributed by atoms with E-state index < -0.39 is 0 Å². The first-order chi connectivity index (χ1) is 14.6. The van der Waals surface area contributed by atoms with Gasteiger partial charge in [0.1, 0.15) is 11.5 Å². The first-order valence-corrected chi connectivity index (χ1v) is 10.1. The number of methoxy groups -OCH3 is 5. The van der Waals surface area contributed by atoms with Crippen LogP contribution in [-0.2, 0) is 13.1 Å². The first-order valence-electron chi connectivity index (χ1n) is 10.1. The lowest BCUT2D eigenvalue weighted by atomic mass is 10.1. The van der Waals surface area contributed by atoms with E-state index in [-0.39, 0.29) is 0 Å². The molecule has 1 saturated heterocycles. The summed E-state index contributed by atoms with van der Waals surface area (Å²) in [6.07, 6.45) is 0. The maximum Gasteiger partial charge on any atom is 0.203 e. The van der Waals surface area contributed by atoms with Gasteiger partial charge < -0.3 is 23.7 Å². The third kappa shape index (κ3) is 5.29. The van der Waals surface area contributed by atoms with Crippen LogP contribution in [0.15, 0.2) is 30.3 Å². The molecule has 1 aliphatic heterocycles. The summed E-state index contributed by atoms with van der Waals surface area (Å²) in [5, 5.41) is 0. The second-order valence-electron chi connectivity index (χ2n) is 7.31. The molecule has 1 fully saturated rings. The van der Waals surface area contributed by atoms with E-state index in [0.717, 1.165) is 56.3 Å². The molecule has 1 aliphatic rings. The Morgan fingerprint density at radius 3 is 1.37 bits per heavy atom. The van der Waals surface area contributed by atoms with Gasteiger partial charge in [-0.2, -0.15) is 0 Å². The van der Waals surface area contributed by atoms with E-state index in [1.165, 1.54) is 5.56 Å². The highest BCUT2D eigenvalue weighted by Gasteiger charge is 2.20. The van der Waals surface area contributed by atoms with Crippen molar-refractivity contribution in [2.75, 3.05) is 61.7 Å². The highest BCUT2D eigenvalue weighted by atomic mass is 16.5. The maximum atomic E-state index is 5.48. The molecule has 0 atom stereocenters. The summed E-state index contributed by atoms with van der Waals surface area (Å²) in [4.78, 5) is 4.91. The number of hydrogen-bond donors (Lipinski definition) is 0. The molecule has 1 heterocycles. The SMILES string of the molecule is COc1cc(CN2CCN(Cc3cc(OC)c(OC)c(OC)c3)CC2)cc(OC)c1. The van der Waals surface area contributed by atoms with Crippen LogP contribution in [0.4, 0.5) is 0 Å². The van der Waals surface area contributed by atoms with Crippen molar-refractivity contribution in [2.45, 2.75) is 13.1 Å². The molecule has 2 aromatic carbocycles. The quantitative estimate of drug-likeness (QED) is 0.623. The van der Waals surface area contributed by atoms with Gasteiger partial charge in [0.25, 0.3) is 0 Å². The average molecular weight is 417 g/mol. The topological polar surface area (TPSA) is 52.6 Å². The zero-order valence-corrected chi connectivity index (χ0v) is 18.6. The predicted molar refractivity (Wildman–Crippen MR) is 116 cm³/mol. The van der Waals surface area contributed by atoms with Crippen molar-refractivity contribution in [3.8, 4) is 28.7 Å². The normalized spacial score (nSPS) is 15.0. The third-order valence-electron chi connectivity index (χ3n) is 5.41. The molecular weight excluding hydrogens is 384 g/mol. The average Bonchev–Trinajstić information content (AvgIpc) is 2.79. The van der Waals surface area contributed by atoms with E-state index in [1.807, 2.05) is 18.2 Å². The second kappa shape index (κ2) is 10.4. The molecule has 0 bridgehead atoms. The minimum absolute atomic E-state index is 0.627. The van der Waals surface area contributed by atoms with Crippen molar-refractivity contribution in [3.05, 3.63) is 41.5 Å². The molecule has 0 aromatic heterocycles. The summed E-state index contributed by atoms with van der Waals surface area (Å²) >= 11 is 0. The molecule has 30 heavy (non-hydrogen) atoms. The van der Waals surface area contributed by atoms with E-state index in [2.05, 4.69) is 21.9 Å². The van der Waals surface area contributed by atoms with Gasteiger partial charge in [0.05, 0.1) is 35.5 Å². The Hall–Kier alpha value is -2.64. The molecule has 164 valence electrons. The van der Waals surface area contributed by atoms with Crippen LogP contribution < -0.4 is 23.7 Å². The molecule has 0 radical (unpaired) electrons. The smallest absolute Gasteiger partial charge is 0.203 e. The number of hydrogen-bond acceptors (Lipinski definition) is 7. The summed E-state index contributed by atoms with van der Waals surface area (Å²) in [7, 11) is 8.28. The predicted octanol–water partition coefficient (Wildman–Crippen LogP) is 3.05. The van der Waals surface area contributed by atoms with Crippen LogP contribution in [0.5, 0.6) is 28.7 Å². The van der Waals surface area contributed by atoms with E-state index >= 15 is 0 Å². The van der Waals surface area contributed by atoms with Crippen LogP contribution >= 0.6 is 0 Å². The molecule has 3 rings (SSSR count). The van der Waals surface area contributed by atoms with Crippen molar-refractivity contribution in [1.29, 1.82) is 0 Å². The van der Waals surface area contributed by atoms with Crippen molar-refractivity contribution in [3.63, 3.8) is 0 Å². The van der Waals surface area contributed by atoms with Crippen LogP contribution in [-0.4, -0.2) is 71.5 Å².